The largest absolute Gasteiger partial charge is 0.0654 e. The fraction of sp³-hybridized carbons (Fsp3) is 1.00. The van der Waals surface area contributed by atoms with Gasteiger partial charge in [0, 0.05) is 0 Å². The third kappa shape index (κ3) is 10.0. The van der Waals surface area contributed by atoms with E-state index in [1.54, 1.807) is 57.8 Å². The second kappa shape index (κ2) is 14.1. The molecule has 0 heterocycles. The molecule has 148 valence electrons. The minimum absolute atomic E-state index is 1.06. The molecule has 2 fully saturated rings. The van der Waals surface area contributed by atoms with Crippen molar-refractivity contribution in [1.29, 1.82) is 0 Å². The zero-order valence-corrected chi connectivity index (χ0v) is 17.6. The van der Waals surface area contributed by atoms with Gasteiger partial charge in [0.25, 0.3) is 0 Å². The zero-order chi connectivity index (χ0) is 17.6. The molecule has 25 heavy (non-hydrogen) atoms. The topological polar surface area (TPSA) is 0 Å². The molecule has 2 saturated carbocycles. The molecule has 0 radical (unpaired) electrons. The summed E-state index contributed by atoms with van der Waals surface area (Å²) in [5, 5.41) is 0. The lowest BCUT2D eigenvalue weighted by Crippen LogP contribution is -2.04. The summed E-state index contributed by atoms with van der Waals surface area (Å²) >= 11 is 0. The van der Waals surface area contributed by atoms with E-state index >= 15 is 0 Å². The van der Waals surface area contributed by atoms with Crippen LogP contribution in [-0.2, 0) is 0 Å². The molecule has 2 aliphatic rings. The lowest BCUT2D eigenvalue weighted by atomic mass is 9.87. The van der Waals surface area contributed by atoms with Crippen molar-refractivity contribution in [3.63, 3.8) is 0 Å². The van der Waals surface area contributed by atoms with E-state index in [4.69, 9.17) is 0 Å². The molecule has 0 aliphatic heterocycles. The van der Waals surface area contributed by atoms with Gasteiger partial charge in [0.2, 0.25) is 0 Å². The van der Waals surface area contributed by atoms with Crippen LogP contribution in [0.2, 0.25) is 0 Å². The zero-order valence-electron chi connectivity index (χ0n) is 17.6. The smallest absolute Gasteiger partial charge is 0.0414 e. The maximum absolute atomic E-state index is 2.32. The first-order chi connectivity index (χ1) is 12.4. The Morgan fingerprint density at radius 2 is 1.00 bits per heavy atom. The molecule has 2 aliphatic carbocycles. The third-order valence-electron chi connectivity index (χ3n) is 7.36. The summed E-state index contributed by atoms with van der Waals surface area (Å²) in [5.74, 6) is 3.27. The first-order valence-electron chi connectivity index (χ1n) is 12.4. The van der Waals surface area contributed by atoms with Gasteiger partial charge in [0.15, 0.2) is 0 Å². The van der Waals surface area contributed by atoms with Crippen LogP contribution < -0.4 is 0 Å². The van der Waals surface area contributed by atoms with Crippen molar-refractivity contribution in [2.24, 2.45) is 17.8 Å². The summed E-state index contributed by atoms with van der Waals surface area (Å²) in [4.78, 5) is 0. The SMILES string of the molecule is CCCCCCCCC(CCCC1CCCC1)CCCC1CCCC1. The van der Waals surface area contributed by atoms with E-state index in [1.165, 1.54) is 77.0 Å². The van der Waals surface area contributed by atoms with Gasteiger partial charge >= 0.3 is 0 Å². The number of rotatable bonds is 15. The van der Waals surface area contributed by atoms with Gasteiger partial charge in [-0.25, -0.2) is 0 Å². The molecule has 0 N–H and O–H groups in total. The summed E-state index contributed by atoms with van der Waals surface area (Å²) in [5.41, 5.74) is 0. The van der Waals surface area contributed by atoms with Crippen LogP contribution in [0.25, 0.3) is 0 Å². The molecule has 0 amide bonds. The highest BCUT2D eigenvalue weighted by molar-refractivity contribution is 4.71. The molecular weight excluding hydrogens is 300 g/mol. The summed E-state index contributed by atoms with van der Waals surface area (Å²) in [7, 11) is 0. The highest BCUT2D eigenvalue weighted by Crippen LogP contribution is 2.33. The quantitative estimate of drug-likeness (QED) is 0.259. The van der Waals surface area contributed by atoms with Crippen LogP contribution in [0.5, 0.6) is 0 Å². The van der Waals surface area contributed by atoms with Gasteiger partial charge in [-0.15, -0.1) is 0 Å². The first-order valence-corrected chi connectivity index (χ1v) is 12.4. The standard InChI is InChI=1S/C25H48/c1-2-3-4-5-6-7-14-25(21-12-19-23-15-8-9-16-23)22-13-20-24-17-10-11-18-24/h23-25H,2-22H2,1H3. The average Bonchev–Trinajstić information content (AvgIpc) is 3.31. The van der Waals surface area contributed by atoms with Crippen LogP contribution in [0, 0.1) is 17.8 Å². The number of unbranched alkanes of at least 4 members (excludes halogenated alkanes) is 5. The summed E-state index contributed by atoms with van der Waals surface area (Å²) < 4.78 is 0. The van der Waals surface area contributed by atoms with E-state index in [0.29, 0.717) is 0 Å². The van der Waals surface area contributed by atoms with Gasteiger partial charge in [0.05, 0.1) is 0 Å². The normalized spacial score (nSPS) is 19.4. The molecule has 0 heteroatoms. The third-order valence-corrected chi connectivity index (χ3v) is 7.36. The van der Waals surface area contributed by atoms with Crippen molar-refractivity contribution >= 4 is 0 Å². The lowest BCUT2D eigenvalue weighted by molar-refractivity contribution is 0.340. The van der Waals surface area contributed by atoms with Crippen LogP contribution in [0.3, 0.4) is 0 Å². The van der Waals surface area contributed by atoms with Gasteiger partial charge in [-0.1, -0.05) is 142 Å². The van der Waals surface area contributed by atoms with Crippen LogP contribution in [-0.4, -0.2) is 0 Å². The van der Waals surface area contributed by atoms with E-state index in [1.807, 2.05) is 0 Å². The summed E-state index contributed by atoms with van der Waals surface area (Å²) in [6.45, 7) is 2.32. The second-order valence-corrected chi connectivity index (χ2v) is 9.59. The van der Waals surface area contributed by atoms with Crippen molar-refractivity contribution in [3.05, 3.63) is 0 Å². The van der Waals surface area contributed by atoms with Crippen LogP contribution in [0.4, 0.5) is 0 Å². The highest BCUT2D eigenvalue weighted by Gasteiger charge is 2.17. The number of hydrogen-bond donors (Lipinski definition) is 0. The predicted octanol–water partition coefficient (Wildman–Crippen LogP) is 9.07. The van der Waals surface area contributed by atoms with Crippen molar-refractivity contribution in [2.75, 3.05) is 0 Å². The van der Waals surface area contributed by atoms with Gasteiger partial charge in [-0.2, -0.15) is 0 Å². The van der Waals surface area contributed by atoms with Gasteiger partial charge in [-0.05, 0) is 17.8 Å². The molecule has 0 unspecified atom stereocenters. The van der Waals surface area contributed by atoms with E-state index in [0.717, 1.165) is 17.8 Å². The second-order valence-electron chi connectivity index (χ2n) is 9.59. The Morgan fingerprint density at radius 3 is 1.52 bits per heavy atom. The molecule has 0 aromatic heterocycles. The minimum Gasteiger partial charge on any atom is -0.0654 e. The maximum atomic E-state index is 2.32. The molecule has 0 bridgehead atoms. The van der Waals surface area contributed by atoms with Crippen molar-refractivity contribution < 1.29 is 0 Å². The fourth-order valence-electron chi connectivity index (χ4n) is 5.63. The Kier molecular flexibility index (Phi) is 12.0. The Bertz CT molecular complexity index is 260. The molecule has 0 aromatic rings. The van der Waals surface area contributed by atoms with Gasteiger partial charge < -0.3 is 0 Å². The van der Waals surface area contributed by atoms with Crippen LogP contribution in [0.1, 0.15) is 142 Å². The molecule has 0 saturated heterocycles. The van der Waals surface area contributed by atoms with Crippen molar-refractivity contribution in [2.45, 2.75) is 142 Å². The summed E-state index contributed by atoms with van der Waals surface area (Å²) in [6.07, 6.45) is 31.9. The van der Waals surface area contributed by atoms with E-state index in [9.17, 15) is 0 Å². The summed E-state index contributed by atoms with van der Waals surface area (Å²) in [6, 6.07) is 0. The fourth-order valence-corrected chi connectivity index (χ4v) is 5.63. The maximum Gasteiger partial charge on any atom is -0.0414 e. The van der Waals surface area contributed by atoms with Gasteiger partial charge in [-0.3, -0.25) is 0 Å². The molecule has 0 aromatic carbocycles. The molecule has 0 nitrogen and oxygen atoms in total. The Balaban J connectivity index is 1.56. The van der Waals surface area contributed by atoms with E-state index in [2.05, 4.69) is 6.92 Å². The Labute approximate surface area is 159 Å². The highest BCUT2D eigenvalue weighted by atomic mass is 14.2. The Morgan fingerprint density at radius 1 is 0.560 bits per heavy atom. The number of hydrogen-bond acceptors (Lipinski definition) is 0. The van der Waals surface area contributed by atoms with E-state index < -0.39 is 0 Å². The van der Waals surface area contributed by atoms with Crippen LogP contribution >= 0.6 is 0 Å². The predicted molar refractivity (Wildman–Crippen MR) is 113 cm³/mol. The molecular formula is C25H48. The molecule has 2 rings (SSSR count). The molecule has 0 spiro atoms. The van der Waals surface area contributed by atoms with Crippen molar-refractivity contribution in [3.8, 4) is 0 Å². The monoisotopic (exact) mass is 348 g/mol. The van der Waals surface area contributed by atoms with Crippen molar-refractivity contribution in [1.82, 2.24) is 0 Å². The Hall–Kier alpha value is 0. The minimum atomic E-state index is 1.06. The average molecular weight is 349 g/mol. The lowest BCUT2D eigenvalue weighted by Gasteiger charge is -2.19. The molecule has 0 atom stereocenters. The first kappa shape index (κ1) is 21.3. The van der Waals surface area contributed by atoms with Gasteiger partial charge in [0.1, 0.15) is 0 Å². The van der Waals surface area contributed by atoms with E-state index in [-0.39, 0.29) is 0 Å². The van der Waals surface area contributed by atoms with Crippen LogP contribution in [0.15, 0.2) is 0 Å².